The van der Waals surface area contributed by atoms with Crippen LogP contribution in [0.4, 0.5) is 19.3 Å². The van der Waals surface area contributed by atoms with Crippen molar-refractivity contribution in [2.24, 2.45) is 0 Å². The number of hydrogen-bond acceptors (Lipinski definition) is 3. The van der Waals surface area contributed by atoms with Crippen molar-refractivity contribution in [1.29, 1.82) is 0 Å². The standard InChI is InChI=1S/C16H22F2N2O3/c1-15(2,3)23-14(22)19-11-7-10-16(17,18)13(21)20-12-8-5-4-6-9-12/h4-6,8-9H,7,10-11H2,1-3H3,(H,19,22)(H,20,21). The van der Waals surface area contributed by atoms with Gasteiger partial charge < -0.3 is 15.4 Å². The summed E-state index contributed by atoms with van der Waals surface area (Å²) < 4.78 is 32.5. The molecule has 0 saturated heterocycles. The first-order chi connectivity index (χ1) is 10.6. The lowest BCUT2D eigenvalue weighted by molar-refractivity contribution is -0.140. The summed E-state index contributed by atoms with van der Waals surface area (Å²) in [6, 6.07) is 8.04. The monoisotopic (exact) mass is 328 g/mol. The van der Waals surface area contributed by atoms with Crippen molar-refractivity contribution >= 4 is 17.7 Å². The second-order valence-corrected chi connectivity index (χ2v) is 6.06. The predicted molar refractivity (Wildman–Crippen MR) is 83.5 cm³/mol. The molecule has 128 valence electrons. The van der Waals surface area contributed by atoms with Gasteiger partial charge in [-0.3, -0.25) is 4.79 Å². The van der Waals surface area contributed by atoms with Gasteiger partial charge in [0.05, 0.1) is 0 Å². The van der Waals surface area contributed by atoms with Crippen LogP contribution in [0, 0.1) is 0 Å². The molecule has 0 aromatic heterocycles. The molecule has 5 nitrogen and oxygen atoms in total. The second-order valence-electron chi connectivity index (χ2n) is 6.06. The molecule has 7 heteroatoms. The number of nitrogens with one attached hydrogen (secondary N) is 2. The lowest BCUT2D eigenvalue weighted by atomic mass is 10.1. The number of benzene rings is 1. The first kappa shape index (κ1) is 18.9. The third-order valence-electron chi connectivity index (χ3n) is 2.70. The SMILES string of the molecule is CC(C)(C)OC(=O)NCCCC(F)(F)C(=O)Nc1ccccc1. The van der Waals surface area contributed by atoms with Gasteiger partial charge in [-0.2, -0.15) is 8.78 Å². The lowest BCUT2D eigenvalue weighted by Gasteiger charge is -2.20. The minimum Gasteiger partial charge on any atom is -0.444 e. The highest BCUT2D eigenvalue weighted by atomic mass is 19.3. The number of alkyl halides is 2. The van der Waals surface area contributed by atoms with E-state index in [2.05, 4.69) is 10.6 Å². The molecule has 0 spiro atoms. The number of carbonyl (C=O) groups is 2. The molecule has 2 N–H and O–H groups in total. The van der Waals surface area contributed by atoms with Gasteiger partial charge in [-0.15, -0.1) is 0 Å². The molecule has 0 radical (unpaired) electrons. The molecular formula is C16H22F2N2O3. The Balaban J connectivity index is 2.35. The Hall–Kier alpha value is -2.18. The van der Waals surface area contributed by atoms with Crippen LogP contribution in [0.25, 0.3) is 0 Å². The molecular weight excluding hydrogens is 306 g/mol. The van der Waals surface area contributed by atoms with Crippen LogP contribution in [0.3, 0.4) is 0 Å². The fourth-order valence-electron chi connectivity index (χ4n) is 1.67. The van der Waals surface area contributed by atoms with Gasteiger partial charge in [0.15, 0.2) is 0 Å². The zero-order valence-corrected chi connectivity index (χ0v) is 13.5. The number of alkyl carbamates (subject to hydrolysis) is 1. The van der Waals surface area contributed by atoms with Crippen LogP contribution < -0.4 is 10.6 Å². The highest BCUT2D eigenvalue weighted by Crippen LogP contribution is 2.22. The van der Waals surface area contributed by atoms with Crippen LogP contribution in [-0.2, 0) is 9.53 Å². The van der Waals surface area contributed by atoms with Crippen molar-refractivity contribution in [3.63, 3.8) is 0 Å². The van der Waals surface area contributed by atoms with Crippen molar-refractivity contribution in [3.05, 3.63) is 30.3 Å². The molecule has 1 aromatic carbocycles. The zero-order valence-electron chi connectivity index (χ0n) is 13.5. The fourth-order valence-corrected chi connectivity index (χ4v) is 1.67. The quantitative estimate of drug-likeness (QED) is 0.785. The van der Waals surface area contributed by atoms with E-state index in [-0.39, 0.29) is 13.0 Å². The van der Waals surface area contributed by atoms with E-state index in [9.17, 15) is 18.4 Å². The molecule has 0 unspecified atom stereocenters. The third-order valence-corrected chi connectivity index (χ3v) is 2.70. The predicted octanol–water partition coefficient (Wildman–Crippen LogP) is 3.57. The average Bonchev–Trinajstić information content (AvgIpc) is 2.43. The number of rotatable bonds is 6. The Morgan fingerprint density at radius 2 is 1.74 bits per heavy atom. The van der Waals surface area contributed by atoms with E-state index in [1.54, 1.807) is 39.0 Å². The van der Waals surface area contributed by atoms with Gasteiger partial charge in [-0.1, -0.05) is 18.2 Å². The van der Waals surface area contributed by atoms with Crippen LogP contribution in [0.15, 0.2) is 30.3 Å². The van der Waals surface area contributed by atoms with Crippen LogP contribution in [0.1, 0.15) is 33.6 Å². The molecule has 1 rings (SSSR count). The summed E-state index contributed by atoms with van der Waals surface area (Å²) >= 11 is 0. The zero-order chi connectivity index (χ0) is 17.5. The number of hydrogen-bond donors (Lipinski definition) is 2. The molecule has 0 heterocycles. The normalized spacial score (nSPS) is 11.7. The maximum Gasteiger partial charge on any atom is 0.407 e. The van der Waals surface area contributed by atoms with E-state index < -0.39 is 29.9 Å². The molecule has 1 aromatic rings. The van der Waals surface area contributed by atoms with Gasteiger partial charge in [-0.25, -0.2) is 4.79 Å². The van der Waals surface area contributed by atoms with Crippen LogP contribution in [0.5, 0.6) is 0 Å². The molecule has 0 bridgehead atoms. The average molecular weight is 328 g/mol. The Morgan fingerprint density at radius 1 is 1.13 bits per heavy atom. The lowest BCUT2D eigenvalue weighted by Crippen LogP contribution is -2.36. The maximum absolute atomic E-state index is 13.7. The highest BCUT2D eigenvalue weighted by molar-refractivity contribution is 5.95. The molecule has 0 aliphatic heterocycles. The Morgan fingerprint density at radius 3 is 2.30 bits per heavy atom. The van der Waals surface area contributed by atoms with Crippen molar-refractivity contribution < 1.29 is 23.1 Å². The van der Waals surface area contributed by atoms with Crippen molar-refractivity contribution in [1.82, 2.24) is 5.32 Å². The first-order valence-corrected chi connectivity index (χ1v) is 7.31. The fraction of sp³-hybridized carbons (Fsp3) is 0.500. The summed E-state index contributed by atoms with van der Waals surface area (Å²) in [6.45, 7) is 5.11. The van der Waals surface area contributed by atoms with Gasteiger partial charge in [0.1, 0.15) is 5.60 Å². The Labute approximate surface area is 134 Å². The van der Waals surface area contributed by atoms with Crippen molar-refractivity contribution in [2.75, 3.05) is 11.9 Å². The maximum atomic E-state index is 13.7. The van der Waals surface area contributed by atoms with Gasteiger partial charge in [0.2, 0.25) is 0 Å². The topological polar surface area (TPSA) is 67.4 Å². The number of para-hydroxylation sites is 1. The number of ether oxygens (including phenoxy) is 1. The minimum absolute atomic E-state index is 0.00310. The molecule has 0 fully saturated rings. The van der Waals surface area contributed by atoms with E-state index in [0.29, 0.717) is 5.69 Å². The molecule has 2 amide bonds. The third kappa shape index (κ3) is 7.58. The van der Waals surface area contributed by atoms with Crippen LogP contribution in [-0.4, -0.2) is 30.1 Å². The smallest absolute Gasteiger partial charge is 0.407 e. The van der Waals surface area contributed by atoms with E-state index in [4.69, 9.17) is 4.74 Å². The van der Waals surface area contributed by atoms with Gasteiger partial charge >= 0.3 is 12.0 Å². The number of amides is 2. The summed E-state index contributed by atoms with van der Waals surface area (Å²) in [6.07, 6.45) is -1.38. The number of halogens is 2. The summed E-state index contributed by atoms with van der Waals surface area (Å²) in [4.78, 5) is 22.9. The summed E-state index contributed by atoms with van der Waals surface area (Å²) in [5.74, 6) is -4.87. The Kier molecular flexibility index (Phi) is 6.48. The van der Waals surface area contributed by atoms with E-state index in [1.807, 2.05) is 0 Å². The summed E-state index contributed by atoms with van der Waals surface area (Å²) in [5.41, 5.74) is -0.340. The summed E-state index contributed by atoms with van der Waals surface area (Å²) in [5, 5.41) is 4.54. The van der Waals surface area contributed by atoms with E-state index in [1.165, 1.54) is 12.1 Å². The Bertz CT molecular complexity index is 528. The first-order valence-electron chi connectivity index (χ1n) is 7.31. The van der Waals surface area contributed by atoms with Crippen LogP contribution >= 0.6 is 0 Å². The highest BCUT2D eigenvalue weighted by Gasteiger charge is 2.38. The largest absolute Gasteiger partial charge is 0.444 e. The molecule has 0 aliphatic carbocycles. The van der Waals surface area contributed by atoms with E-state index in [0.717, 1.165) is 0 Å². The minimum atomic E-state index is -3.51. The number of carbonyl (C=O) groups excluding carboxylic acids is 2. The molecule has 0 atom stereocenters. The van der Waals surface area contributed by atoms with Gasteiger partial charge in [-0.05, 0) is 39.3 Å². The van der Waals surface area contributed by atoms with Gasteiger partial charge in [0, 0.05) is 18.7 Å². The summed E-state index contributed by atoms with van der Waals surface area (Å²) in [7, 11) is 0. The van der Waals surface area contributed by atoms with Crippen molar-refractivity contribution in [3.8, 4) is 0 Å². The molecule has 23 heavy (non-hydrogen) atoms. The molecule has 0 aliphatic rings. The van der Waals surface area contributed by atoms with Crippen LogP contribution in [0.2, 0.25) is 0 Å². The molecule has 0 saturated carbocycles. The van der Waals surface area contributed by atoms with E-state index >= 15 is 0 Å². The second kappa shape index (κ2) is 7.89. The number of anilines is 1. The van der Waals surface area contributed by atoms with Crippen molar-refractivity contribution in [2.45, 2.75) is 45.1 Å². The van der Waals surface area contributed by atoms with Gasteiger partial charge in [0.25, 0.3) is 5.91 Å².